The quantitative estimate of drug-likeness (QED) is 0.789. The lowest BCUT2D eigenvalue weighted by atomic mass is 10.2. The van der Waals surface area contributed by atoms with Gasteiger partial charge in [0, 0.05) is 13.2 Å². The van der Waals surface area contributed by atoms with Gasteiger partial charge in [-0.15, -0.1) is 0 Å². The molecule has 0 radical (unpaired) electrons. The van der Waals surface area contributed by atoms with Crippen molar-refractivity contribution < 1.29 is 0 Å². The van der Waals surface area contributed by atoms with Gasteiger partial charge in [-0.2, -0.15) is 0 Å². The third-order valence-corrected chi connectivity index (χ3v) is 3.62. The van der Waals surface area contributed by atoms with Gasteiger partial charge in [0.15, 0.2) is 0 Å². The molecule has 1 aromatic carbocycles. The van der Waals surface area contributed by atoms with Crippen LogP contribution >= 0.6 is 0 Å². The lowest BCUT2D eigenvalue weighted by Crippen LogP contribution is -2.12. The zero-order valence-corrected chi connectivity index (χ0v) is 12.0. The standard InChI is InChI=1S/C16H18N4/c1-11-8-9-17-10-14(11)18-12(2)16-19-13-6-4-5-7-15(13)20(16)3/h4-10,12,18H,1-3H3. The Morgan fingerprint density at radius 2 is 2.00 bits per heavy atom. The number of fused-ring (bicyclic) bond motifs is 1. The van der Waals surface area contributed by atoms with Gasteiger partial charge in [0.2, 0.25) is 0 Å². The molecule has 1 unspecified atom stereocenters. The number of hydrogen-bond donors (Lipinski definition) is 1. The van der Waals surface area contributed by atoms with Crippen molar-refractivity contribution in [3.8, 4) is 0 Å². The fourth-order valence-electron chi connectivity index (χ4n) is 2.46. The normalized spacial score (nSPS) is 12.6. The summed E-state index contributed by atoms with van der Waals surface area (Å²) in [5, 5.41) is 3.48. The van der Waals surface area contributed by atoms with Crippen LogP contribution in [0.1, 0.15) is 24.4 Å². The molecule has 2 heterocycles. The van der Waals surface area contributed by atoms with Crippen LogP contribution in [0.5, 0.6) is 0 Å². The Balaban J connectivity index is 1.95. The van der Waals surface area contributed by atoms with Crippen molar-refractivity contribution in [2.75, 3.05) is 5.32 Å². The predicted octanol–water partition coefficient (Wildman–Crippen LogP) is 3.45. The highest BCUT2D eigenvalue weighted by atomic mass is 15.1. The molecule has 0 aliphatic rings. The molecule has 3 aromatic rings. The van der Waals surface area contributed by atoms with Crippen molar-refractivity contribution in [2.24, 2.45) is 7.05 Å². The molecule has 2 aromatic heterocycles. The van der Waals surface area contributed by atoms with Crippen molar-refractivity contribution in [1.82, 2.24) is 14.5 Å². The fraction of sp³-hybridized carbons (Fsp3) is 0.250. The predicted molar refractivity (Wildman–Crippen MR) is 81.7 cm³/mol. The Bertz CT molecular complexity index is 745. The number of aryl methyl sites for hydroxylation is 2. The van der Waals surface area contributed by atoms with Crippen molar-refractivity contribution in [3.63, 3.8) is 0 Å². The Kier molecular flexibility index (Phi) is 3.14. The van der Waals surface area contributed by atoms with E-state index >= 15 is 0 Å². The number of aromatic nitrogens is 3. The van der Waals surface area contributed by atoms with Crippen molar-refractivity contribution in [1.29, 1.82) is 0 Å². The average molecular weight is 266 g/mol. The lowest BCUT2D eigenvalue weighted by molar-refractivity contribution is 0.732. The molecule has 20 heavy (non-hydrogen) atoms. The summed E-state index contributed by atoms with van der Waals surface area (Å²) in [6.07, 6.45) is 3.66. The van der Waals surface area contributed by atoms with E-state index in [1.807, 2.05) is 30.5 Å². The first-order valence-corrected chi connectivity index (χ1v) is 6.75. The summed E-state index contributed by atoms with van der Waals surface area (Å²) < 4.78 is 2.14. The summed E-state index contributed by atoms with van der Waals surface area (Å²) in [5.41, 5.74) is 4.42. The molecule has 3 rings (SSSR count). The van der Waals surface area contributed by atoms with Gasteiger partial charge in [-0.25, -0.2) is 4.98 Å². The highest BCUT2D eigenvalue weighted by molar-refractivity contribution is 5.76. The van der Waals surface area contributed by atoms with E-state index in [0.717, 1.165) is 22.5 Å². The van der Waals surface area contributed by atoms with E-state index in [-0.39, 0.29) is 6.04 Å². The maximum absolute atomic E-state index is 4.72. The second kappa shape index (κ2) is 4.96. The van der Waals surface area contributed by atoms with E-state index in [9.17, 15) is 0 Å². The van der Waals surface area contributed by atoms with E-state index in [1.165, 1.54) is 5.56 Å². The number of nitrogens with zero attached hydrogens (tertiary/aromatic N) is 3. The van der Waals surface area contributed by atoms with Crippen LogP contribution < -0.4 is 5.32 Å². The van der Waals surface area contributed by atoms with E-state index in [1.54, 1.807) is 6.20 Å². The van der Waals surface area contributed by atoms with Gasteiger partial charge in [0.25, 0.3) is 0 Å². The first-order valence-electron chi connectivity index (χ1n) is 6.75. The van der Waals surface area contributed by atoms with Crippen LogP contribution in [-0.4, -0.2) is 14.5 Å². The third kappa shape index (κ3) is 2.13. The molecule has 1 atom stereocenters. The summed E-state index contributed by atoms with van der Waals surface area (Å²) in [4.78, 5) is 8.89. The van der Waals surface area contributed by atoms with E-state index in [4.69, 9.17) is 4.98 Å². The molecule has 0 amide bonds. The van der Waals surface area contributed by atoms with Gasteiger partial charge in [-0.05, 0) is 37.6 Å². The minimum absolute atomic E-state index is 0.121. The highest BCUT2D eigenvalue weighted by Crippen LogP contribution is 2.23. The van der Waals surface area contributed by atoms with Crippen LogP contribution in [0.25, 0.3) is 11.0 Å². The molecule has 4 nitrogen and oxygen atoms in total. The largest absolute Gasteiger partial charge is 0.374 e. The zero-order chi connectivity index (χ0) is 14.1. The Morgan fingerprint density at radius 1 is 1.20 bits per heavy atom. The minimum atomic E-state index is 0.121. The summed E-state index contributed by atoms with van der Waals surface area (Å²) in [7, 11) is 2.05. The Hall–Kier alpha value is -2.36. The van der Waals surface area contributed by atoms with Gasteiger partial charge in [-0.3, -0.25) is 4.98 Å². The van der Waals surface area contributed by atoms with Crippen LogP contribution in [0.2, 0.25) is 0 Å². The van der Waals surface area contributed by atoms with Crippen LogP contribution in [-0.2, 0) is 7.05 Å². The molecule has 0 fully saturated rings. The molecule has 0 spiro atoms. The number of nitrogens with one attached hydrogen (secondary N) is 1. The second-order valence-corrected chi connectivity index (χ2v) is 5.07. The molecule has 4 heteroatoms. The summed E-state index contributed by atoms with van der Waals surface area (Å²) in [5.74, 6) is 1.02. The first kappa shape index (κ1) is 12.7. The number of rotatable bonds is 3. The SMILES string of the molecule is Cc1ccncc1NC(C)c1nc2ccccc2n1C. The molecule has 0 aliphatic carbocycles. The van der Waals surface area contributed by atoms with Gasteiger partial charge in [0.05, 0.1) is 29.0 Å². The lowest BCUT2D eigenvalue weighted by Gasteiger charge is -2.16. The monoisotopic (exact) mass is 266 g/mol. The number of pyridine rings is 1. The van der Waals surface area contributed by atoms with E-state index < -0.39 is 0 Å². The van der Waals surface area contributed by atoms with Gasteiger partial charge in [-0.1, -0.05) is 12.1 Å². The Labute approximate surface area is 118 Å². The van der Waals surface area contributed by atoms with Crippen molar-refractivity contribution in [2.45, 2.75) is 19.9 Å². The zero-order valence-electron chi connectivity index (χ0n) is 12.0. The minimum Gasteiger partial charge on any atom is -0.374 e. The topological polar surface area (TPSA) is 42.7 Å². The number of hydrogen-bond acceptors (Lipinski definition) is 3. The van der Waals surface area contributed by atoms with Crippen LogP contribution in [0.4, 0.5) is 5.69 Å². The summed E-state index contributed by atoms with van der Waals surface area (Å²) in [6, 6.07) is 10.3. The van der Waals surface area contributed by atoms with Gasteiger partial charge >= 0.3 is 0 Å². The second-order valence-electron chi connectivity index (χ2n) is 5.07. The third-order valence-electron chi connectivity index (χ3n) is 3.62. The maximum atomic E-state index is 4.72. The maximum Gasteiger partial charge on any atom is 0.131 e. The van der Waals surface area contributed by atoms with Gasteiger partial charge in [0.1, 0.15) is 5.82 Å². The molecule has 0 saturated carbocycles. The van der Waals surface area contributed by atoms with Gasteiger partial charge < -0.3 is 9.88 Å². The Morgan fingerprint density at radius 3 is 2.75 bits per heavy atom. The number of anilines is 1. The van der Waals surface area contributed by atoms with Crippen molar-refractivity contribution in [3.05, 3.63) is 54.1 Å². The van der Waals surface area contributed by atoms with Crippen LogP contribution in [0.3, 0.4) is 0 Å². The number of imidazole rings is 1. The molecule has 1 N–H and O–H groups in total. The molecule has 0 aliphatic heterocycles. The van der Waals surface area contributed by atoms with E-state index in [0.29, 0.717) is 0 Å². The summed E-state index contributed by atoms with van der Waals surface area (Å²) in [6.45, 7) is 4.19. The van der Waals surface area contributed by atoms with E-state index in [2.05, 4.69) is 41.8 Å². The fourth-order valence-corrected chi connectivity index (χ4v) is 2.46. The average Bonchev–Trinajstić information content (AvgIpc) is 2.79. The summed E-state index contributed by atoms with van der Waals surface area (Å²) >= 11 is 0. The highest BCUT2D eigenvalue weighted by Gasteiger charge is 2.14. The van der Waals surface area contributed by atoms with Crippen LogP contribution in [0, 0.1) is 6.92 Å². The first-order chi connectivity index (χ1) is 9.66. The molecular weight excluding hydrogens is 248 g/mol. The molecular formula is C16H18N4. The molecule has 102 valence electrons. The molecule has 0 bridgehead atoms. The smallest absolute Gasteiger partial charge is 0.131 e. The molecule has 0 saturated heterocycles. The van der Waals surface area contributed by atoms with Crippen LogP contribution in [0.15, 0.2) is 42.7 Å². The number of para-hydroxylation sites is 2. The number of benzene rings is 1. The van der Waals surface area contributed by atoms with Crippen molar-refractivity contribution >= 4 is 16.7 Å².